The second kappa shape index (κ2) is 4.29. The number of hydrogen-bond acceptors (Lipinski definition) is 3. The van der Waals surface area contributed by atoms with Crippen LogP contribution in [-0.4, -0.2) is 23.6 Å². The fourth-order valence-electron chi connectivity index (χ4n) is 1.71. The van der Waals surface area contributed by atoms with Crippen molar-refractivity contribution in [1.82, 2.24) is 4.57 Å². The Morgan fingerprint density at radius 3 is 2.71 bits per heavy atom. The van der Waals surface area contributed by atoms with Gasteiger partial charge in [-0.1, -0.05) is 18.2 Å². The molecule has 5 heteroatoms. The minimum absolute atomic E-state index is 0.596. The number of carbonyl (C=O) groups is 2. The number of hydrogen-bond donors (Lipinski definition) is 1. The van der Waals surface area contributed by atoms with Gasteiger partial charge in [0.05, 0.1) is 12.8 Å². The fourth-order valence-corrected chi connectivity index (χ4v) is 1.71. The molecule has 2 rings (SSSR count). The molecule has 1 amide bonds. The number of rotatable bonds is 1. The fraction of sp³-hybridized carbons (Fsp3) is 0.167. The summed E-state index contributed by atoms with van der Waals surface area (Å²) in [4.78, 5) is 22.4. The first kappa shape index (κ1) is 11.2. The highest BCUT2D eigenvalue weighted by molar-refractivity contribution is 6.37. The van der Waals surface area contributed by atoms with Crippen molar-refractivity contribution in [2.45, 2.75) is 0 Å². The van der Waals surface area contributed by atoms with E-state index in [-0.39, 0.29) is 0 Å². The van der Waals surface area contributed by atoms with Gasteiger partial charge in [-0.25, -0.2) is 4.79 Å². The smallest absolute Gasteiger partial charge is 0.396 e. The highest BCUT2D eigenvalue weighted by Crippen LogP contribution is 2.24. The third kappa shape index (κ3) is 1.99. The number of nitrogens with zero attached hydrogens (tertiary/aromatic N) is 1. The topological polar surface area (TPSA) is 60.3 Å². The van der Waals surface area contributed by atoms with E-state index in [4.69, 9.17) is 0 Å². The van der Waals surface area contributed by atoms with Crippen molar-refractivity contribution in [2.75, 3.05) is 12.4 Å². The maximum Gasteiger partial charge on any atom is 0.396 e. The van der Waals surface area contributed by atoms with Gasteiger partial charge in [0, 0.05) is 24.1 Å². The van der Waals surface area contributed by atoms with Crippen LogP contribution in [0, 0.1) is 0 Å². The van der Waals surface area contributed by atoms with E-state index in [0.717, 1.165) is 10.9 Å². The Hall–Kier alpha value is -2.30. The molecule has 5 nitrogen and oxygen atoms in total. The first-order valence-corrected chi connectivity index (χ1v) is 5.07. The Kier molecular flexibility index (Phi) is 2.82. The Balaban J connectivity index is 2.37. The molecular formula is C12H12N2O3. The molecule has 0 aliphatic rings. The summed E-state index contributed by atoms with van der Waals surface area (Å²) in [6.07, 6.45) is 1.76. The van der Waals surface area contributed by atoms with Crippen LogP contribution in [0.15, 0.2) is 30.5 Å². The van der Waals surface area contributed by atoms with E-state index in [0.29, 0.717) is 5.69 Å². The summed E-state index contributed by atoms with van der Waals surface area (Å²) >= 11 is 0. The molecule has 0 atom stereocenters. The number of aromatic nitrogens is 1. The molecule has 1 N–H and O–H groups in total. The minimum atomic E-state index is -0.905. The number of fused-ring (bicyclic) bond motifs is 1. The van der Waals surface area contributed by atoms with Crippen LogP contribution in [0.25, 0.3) is 10.9 Å². The number of esters is 1. The molecule has 0 fully saturated rings. The molecule has 0 aliphatic heterocycles. The summed E-state index contributed by atoms with van der Waals surface area (Å²) in [6.45, 7) is 0. The average Bonchev–Trinajstić information content (AvgIpc) is 2.66. The number of ether oxygens (including phenoxy) is 1. The van der Waals surface area contributed by atoms with Gasteiger partial charge in [-0.15, -0.1) is 0 Å². The van der Waals surface area contributed by atoms with Crippen molar-refractivity contribution >= 4 is 28.5 Å². The molecule has 0 saturated heterocycles. The maximum absolute atomic E-state index is 11.4. The lowest BCUT2D eigenvalue weighted by atomic mass is 10.2. The van der Waals surface area contributed by atoms with Gasteiger partial charge >= 0.3 is 11.9 Å². The SMILES string of the molecule is COC(=O)C(=O)Nc1cn(C)c2ccccc12. The number of para-hydroxylation sites is 1. The standard InChI is InChI=1S/C12H12N2O3/c1-14-7-9(13-11(15)12(16)17-2)8-5-3-4-6-10(8)14/h3-7H,1-2H3,(H,13,15). The van der Waals surface area contributed by atoms with E-state index in [2.05, 4.69) is 10.1 Å². The van der Waals surface area contributed by atoms with Gasteiger partial charge in [-0.2, -0.15) is 0 Å². The number of nitrogens with one attached hydrogen (secondary N) is 1. The molecule has 17 heavy (non-hydrogen) atoms. The molecule has 1 aromatic carbocycles. The zero-order chi connectivity index (χ0) is 12.4. The van der Waals surface area contributed by atoms with Gasteiger partial charge in [-0.05, 0) is 6.07 Å². The van der Waals surface area contributed by atoms with Crippen LogP contribution >= 0.6 is 0 Å². The molecule has 1 heterocycles. The molecule has 88 valence electrons. The molecule has 0 unspecified atom stereocenters. The van der Waals surface area contributed by atoms with Crippen LogP contribution < -0.4 is 5.32 Å². The quantitative estimate of drug-likeness (QED) is 0.595. The van der Waals surface area contributed by atoms with Crippen LogP contribution in [0.1, 0.15) is 0 Å². The van der Waals surface area contributed by atoms with Gasteiger partial charge in [0.2, 0.25) is 0 Å². The number of amides is 1. The highest BCUT2D eigenvalue weighted by atomic mass is 16.5. The molecule has 0 radical (unpaired) electrons. The Labute approximate surface area is 98.0 Å². The van der Waals surface area contributed by atoms with Gasteiger partial charge in [0.25, 0.3) is 0 Å². The van der Waals surface area contributed by atoms with E-state index in [9.17, 15) is 9.59 Å². The van der Waals surface area contributed by atoms with Crippen molar-refractivity contribution in [1.29, 1.82) is 0 Å². The van der Waals surface area contributed by atoms with Crippen molar-refractivity contribution < 1.29 is 14.3 Å². The van der Waals surface area contributed by atoms with Crippen molar-refractivity contribution in [3.63, 3.8) is 0 Å². The summed E-state index contributed by atoms with van der Waals surface area (Å²) in [6, 6.07) is 7.59. The number of anilines is 1. The molecule has 0 bridgehead atoms. The third-order valence-electron chi connectivity index (χ3n) is 2.52. The highest BCUT2D eigenvalue weighted by Gasteiger charge is 2.16. The summed E-state index contributed by atoms with van der Waals surface area (Å²) in [5.74, 6) is -1.68. The Morgan fingerprint density at radius 1 is 1.29 bits per heavy atom. The number of aryl methyl sites for hydroxylation is 1. The summed E-state index contributed by atoms with van der Waals surface area (Å²) in [5.41, 5.74) is 1.58. The lowest BCUT2D eigenvalue weighted by Crippen LogP contribution is -2.23. The van der Waals surface area contributed by atoms with Gasteiger partial charge < -0.3 is 14.6 Å². The maximum atomic E-state index is 11.4. The summed E-state index contributed by atoms with van der Waals surface area (Å²) in [7, 11) is 3.04. The van der Waals surface area contributed by atoms with Gasteiger partial charge in [0.1, 0.15) is 0 Å². The molecule has 0 saturated carbocycles. The summed E-state index contributed by atoms with van der Waals surface area (Å²) in [5, 5.41) is 3.40. The lowest BCUT2D eigenvalue weighted by Gasteiger charge is -2.01. The molecule has 0 spiro atoms. The second-order valence-electron chi connectivity index (χ2n) is 3.62. The van der Waals surface area contributed by atoms with Crippen LogP contribution in [0.4, 0.5) is 5.69 Å². The average molecular weight is 232 g/mol. The number of methoxy groups -OCH3 is 1. The zero-order valence-corrected chi connectivity index (χ0v) is 9.56. The van der Waals surface area contributed by atoms with E-state index in [1.807, 2.05) is 35.9 Å². The second-order valence-corrected chi connectivity index (χ2v) is 3.62. The monoisotopic (exact) mass is 232 g/mol. The van der Waals surface area contributed by atoms with Crippen LogP contribution in [-0.2, 0) is 21.4 Å². The van der Waals surface area contributed by atoms with Crippen LogP contribution in [0.5, 0.6) is 0 Å². The number of benzene rings is 1. The normalized spacial score (nSPS) is 10.2. The lowest BCUT2D eigenvalue weighted by molar-refractivity contribution is -0.150. The largest absolute Gasteiger partial charge is 0.462 e. The van der Waals surface area contributed by atoms with Crippen molar-refractivity contribution in [3.05, 3.63) is 30.5 Å². The Morgan fingerprint density at radius 2 is 2.00 bits per heavy atom. The van der Waals surface area contributed by atoms with Crippen LogP contribution in [0.3, 0.4) is 0 Å². The number of carbonyl (C=O) groups excluding carboxylic acids is 2. The van der Waals surface area contributed by atoms with Gasteiger partial charge in [-0.3, -0.25) is 4.79 Å². The van der Waals surface area contributed by atoms with Crippen LogP contribution in [0.2, 0.25) is 0 Å². The van der Waals surface area contributed by atoms with Crippen molar-refractivity contribution in [2.24, 2.45) is 7.05 Å². The van der Waals surface area contributed by atoms with E-state index >= 15 is 0 Å². The first-order valence-electron chi connectivity index (χ1n) is 5.07. The molecule has 2 aromatic rings. The minimum Gasteiger partial charge on any atom is -0.462 e. The van der Waals surface area contributed by atoms with Gasteiger partial charge in [0.15, 0.2) is 0 Å². The predicted molar refractivity (Wildman–Crippen MR) is 63.6 cm³/mol. The predicted octanol–water partition coefficient (Wildman–Crippen LogP) is 1.29. The zero-order valence-electron chi connectivity index (χ0n) is 9.56. The Bertz CT molecular complexity index is 586. The van der Waals surface area contributed by atoms with E-state index in [1.165, 1.54) is 7.11 Å². The first-order chi connectivity index (χ1) is 8.13. The molecular weight excluding hydrogens is 220 g/mol. The van der Waals surface area contributed by atoms with E-state index < -0.39 is 11.9 Å². The van der Waals surface area contributed by atoms with E-state index in [1.54, 1.807) is 6.20 Å². The third-order valence-corrected chi connectivity index (χ3v) is 2.52. The van der Waals surface area contributed by atoms with Crippen molar-refractivity contribution in [3.8, 4) is 0 Å². The summed E-state index contributed by atoms with van der Waals surface area (Å²) < 4.78 is 6.22. The molecule has 1 aromatic heterocycles. The molecule has 0 aliphatic carbocycles.